The summed E-state index contributed by atoms with van der Waals surface area (Å²) in [4.78, 5) is 8.15. The first kappa shape index (κ1) is 17.8. The molecule has 0 aliphatic rings. The van der Waals surface area contributed by atoms with Gasteiger partial charge < -0.3 is 15.2 Å². The smallest absolute Gasteiger partial charge is 0.158 e. The van der Waals surface area contributed by atoms with Crippen molar-refractivity contribution >= 4 is 31.9 Å². The number of hydrogen-bond donors (Lipinski definition) is 3. The van der Waals surface area contributed by atoms with E-state index in [0.29, 0.717) is 11.4 Å². The van der Waals surface area contributed by atoms with Crippen LogP contribution in [0, 0.1) is 0 Å². The number of aromatic hydroxyl groups is 2. The predicted molar refractivity (Wildman–Crippen MR) is 114 cm³/mol. The second kappa shape index (κ2) is 7.21. The van der Waals surface area contributed by atoms with Crippen LogP contribution < -0.4 is 0 Å². The molecule has 3 aromatic carbocycles. The van der Waals surface area contributed by atoms with Crippen molar-refractivity contribution in [3.8, 4) is 45.4 Å². The number of rotatable bonds is 3. The molecule has 0 bridgehead atoms. The standard InChI is InChI=1S/C21H14Br2N2O2/c22-14-8-5-12(6-9-14)19-20(15-3-1-2-4-16(15)23)25-21(24-19)13-7-10-17(26)18(27)11-13/h1-11,26-27H,(H,24,25). The highest BCUT2D eigenvalue weighted by Gasteiger charge is 2.17. The Kier molecular flexibility index (Phi) is 4.76. The molecule has 0 spiro atoms. The van der Waals surface area contributed by atoms with Gasteiger partial charge in [-0.1, -0.05) is 62.2 Å². The number of phenolic OH excluding ortho intramolecular Hbond substituents is 2. The van der Waals surface area contributed by atoms with Crippen LogP contribution in [0.3, 0.4) is 0 Å². The summed E-state index contributed by atoms with van der Waals surface area (Å²) in [7, 11) is 0. The van der Waals surface area contributed by atoms with E-state index >= 15 is 0 Å². The molecule has 0 aliphatic heterocycles. The monoisotopic (exact) mass is 484 g/mol. The number of halogens is 2. The molecule has 1 heterocycles. The van der Waals surface area contributed by atoms with Gasteiger partial charge in [0.2, 0.25) is 0 Å². The number of aromatic nitrogens is 2. The fraction of sp³-hybridized carbons (Fsp3) is 0. The molecule has 0 amide bonds. The number of imidazole rings is 1. The number of nitrogens with one attached hydrogen (secondary N) is 1. The predicted octanol–water partition coefficient (Wildman–Crippen LogP) is 6.35. The number of benzene rings is 3. The van der Waals surface area contributed by atoms with Gasteiger partial charge in [0.05, 0.1) is 11.4 Å². The van der Waals surface area contributed by atoms with Crippen LogP contribution in [0.4, 0.5) is 0 Å². The van der Waals surface area contributed by atoms with Crippen molar-refractivity contribution in [3.63, 3.8) is 0 Å². The molecule has 4 aromatic rings. The van der Waals surface area contributed by atoms with Crippen LogP contribution in [0.5, 0.6) is 11.5 Å². The van der Waals surface area contributed by atoms with E-state index in [4.69, 9.17) is 4.98 Å². The van der Waals surface area contributed by atoms with Crippen LogP contribution in [-0.4, -0.2) is 20.2 Å². The second-order valence-electron chi connectivity index (χ2n) is 6.00. The van der Waals surface area contributed by atoms with Crippen LogP contribution >= 0.6 is 31.9 Å². The molecule has 0 saturated carbocycles. The van der Waals surface area contributed by atoms with Crippen LogP contribution in [0.2, 0.25) is 0 Å². The summed E-state index contributed by atoms with van der Waals surface area (Å²) in [6.07, 6.45) is 0. The van der Waals surface area contributed by atoms with E-state index in [1.54, 1.807) is 6.07 Å². The third-order valence-corrected chi connectivity index (χ3v) is 5.43. The Morgan fingerprint density at radius 3 is 2.19 bits per heavy atom. The van der Waals surface area contributed by atoms with E-state index in [1.807, 2.05) is 48.5 Å². The van der Waals surface area contributed by atoms with Crippen molar-refractivity contribution in [1.29, 1.82) is 0 Å². The summed E-state index contributed by atoms with van der Waals surface area (Å²) >= 11 is 7.07. The van der Waals surface area contributed by atoms with Gasteiger partial charge in [-0.25, -0.2) is 4.98 Å². The molecule has 3 N–H and O–H groups in total. The minimum atomic E-state index is -0.184. The van der Waals surface area contributed by atoms with E-state index in [9.17, 15) is 10.2 Å². The Morgan fingerprint density at radius 2 is 1.48 bits per heavy atom. The van der Waals surface area contributed by atoms with E-state index in [1.165, 1.54) is 12.1 Å². The molecule has 27 heavy (non-hydrogen) atoms. The van der Waals surface area contributed by atoms with E-state index in [0.717, 1.165) is 31.5 Å². The molecule has 0 saturated heterocycles. The van der Waals surface area contributed by atoms with Crippen molar-refractivity contribution in [3.05, 3.63) is 75.7 Å². The first-order valence-corrected chi connectivity index (χ1v) is 9.75. The quantitative estimate of drug-likeness (QED) is 0.296. The molecule has 0 fully saturated rings. The SMILES string of the molecule is Oc1ccc(-c2nc(-c3ccc(Br)cc3)c(-c3ccccc3Br)[nH]2)cc1O. The lowest BCUT2D eigenvalue weighted by atomic mass is 10.1. The minimum Gasteiger partial charge on any atom is -0.504 e. The Hall–Kier alpha value is -2.57. The van der Waals surface area contributed by atoms with Crippen molar-refractivity contribution in [2.24, 2.45) is 0 Å². The fourth-order valence-corrected chi connectivity index (χ4v) is 3.60. The largest absolute Gasteiger partial charge is 0.504 e. The highest BCUT2D eigenvalue weighted by atomic mass is 79.9. The normalized spacial score (nSPS) is 10.9. The Bertz CT molecular complexity index is 1120. The van der Waals surface area contributed by atoms with Gasteiger partial charge in [0.15, 0.2) is 11.5 Å². The van der Waals surface area contributed by atoms with Gasteiger partial charge in [0.1, 0.15) is 5.82 Å². The van der Waals surface area contributed by atoms with Crippen LogP contribution in [-0.2, 0) is 0 Å². The first-order valence-electron chi connectivity index (χ1n) is 8.16. The Labute approximate surface area is 172 Å². The second-order valence-corrected chi connectivity index (χ2v) is 7.77. The molecule has 4 nitrogen and oxygen atoms in total. The zero-order chi connectivity index (χ0) is 19.0. The van der Waals surface area contributed by atoms with Crippen LogP contribution in [0.1, 0.15) is 0 Å². The molecule has 0 unspecified atom stereocenters. The minimum absolute atomic E-state index is 0.163. The summed E-state index contributed by atoms with van der Waals surface area (Å²) in [6.45, 7) is 0. The molecule has 0 radical (unpaired) electrons. The lowest BCUT2D eigenvalue weighted by Gasteiger charge is -2.05. The zero-order valence-electron chi connectivity index (χ0n) is 13.9. The van der Waals surface area contributed by atoms with Gasteiger partial charge in [0.25, 0.3) is 0 Å². The molecular weight excluding hydrogens is 472 g/mol. The molecule has 0 atom stereocenters. The number of phenols is 2. The van der Waals surface area contributed by atoms with E-state index in [2.05, 4.69) is 36.8 Å². The Balaban J connectivity index is 1.93. The molecule has 6 heteroatoms. The summed E-state index contributed by atoms with van der Waals surface area (Å²) in [5, 5.41) is 19.4. The van der Waals surface area contributed by atoms with Gasteiger partial charge in [-0.15, -0.1) is 0 Å². The number of H-pyrrole nitrogens is 1. The van der Waals surface area contributed by atoms with Crippen molar-refractivity contribution in [2.75, 3.05) is 0 Å². The maximum Gasteiger partial charge on any atom is 0.158 e. The number of aromatic amines is 1. The van der Waals surface area contributed by atoms with Crippen LogP contribution in [0.15, 0.2) is 75.7 Å². The highest BCUT2D eigenvalue weighted by Crippen LogP contribution is 2.38. The average molecular weight is 486 g/mol. The molecule has 4 rings (SSSR count). The summed E-state index contributed by atoms with van der Waals surface area (Å²) in [5.74, 6) is 0.259. The lowest BCUT2D eigenvalue weighted by molar-refractivity contribution is 0.404. The van der Waals surface area contributed by atoms with Crippen molar-refractivity contribution in [1.82, 2.24) is 9.97 Å². The van der Waals surface area contributed by atoms with Gasteiger partial charge in [-0.05, 0) is 36.4 Å². The van der Waals surface area contributed by atoms with Gasteiger partial charge in [0, 0.05) is 25.6 Å². The van der Waals surface area contributed by atoms with Gasteiger partial charge in [-0.3, -0.25) is 0 Å². The topological polar surface area (TPSA) is 69.1 Å². The van der Waals surface area contributed by atoms with Gasteiger partial charge >= 0.3 is 0 Å². The van der Waals surface area contributed by atoms with Gasteiger partial charge in [-0.2, -0.15) is 0 Å². The molecular formula is C21H14Br2N2O2. The first-order chi connectivity index (χ1) is 13.0. The third-order valence-electron chi connectivity index (χ3n) is 4.21. The summed E-state index contributed by atoms with van der Waals surface area (Å²) in [6, 6.07) is 20.5. The van der Waals surface area contributed by atoms with E-state index < -0.39 is 0 Å². The Morgan fingerprint density at radius 1 is 0.778 bits per heavy atom. The molecule has 0 aliphatic carbocycles. The maximum atomic E-state index is 9.84. The fourth-order valence-electron chi connectivity index (χ4n) is 2.86. The maximum absolute atomic E-state index is 9.84. The lowest BCUT2D eigenvalue weighted by Crippen LogP contribution is -1.85. The highest BCUT2D eigenvalue weighted by molar-refractivity contribution is 9.10. The summed E-state index contributed by atoms with van der Waals surface area (Å²) < 4.78 is 1.94. The zero-order valence-corrected chi connectivity index (χ0v) is 17.1. The van der Waals surface area contributed by atoms with Crippen LogP contribution in [0.25, 0.3) is 33.9 Å². The van der Waals surface area contributed by atoms with Crippen molar-refractivity contribution in [2.45, 2.75) is 0 Å². The molecule has 134 valence electrons. The molecule has 1 aromatic heterocycles. The van der Waals surface area contributed by atoms with E-state index in [-0.39, 0.29) is 11.5 Å². The number of hydrogen-bond acceptors (Lipinski definition) is 3. The third kappa shape index (κ3) is 3.50. The number of nitrogens with zero attached hydrogens (tertiary/aromatic N) is 1. The average Bonchev–Trinajstić information content (AvgIpc) is 3.10. The summed E-state index contributed by atoms with van der Waals surface area (Å²) in [5.41, 5.74) is 4.30. The van der Waals surface area contributed by atoms with Crippen molar-refractivity contribution < 1.29 is 10.2 Å².